The molecular formula is C17H28N4O2. The molecule has 1 aliphatic heterocycles. The van der Waals surface area contributed by atoms with Gasteiger partial charge in [0.1, 0.15) is 0 Å². The molecule has 6 nitrogen and oxygen atoms in total. The van der Waals surface area contributed by atoms with Crippen molar-refractivity contribution >= 4 is 17.3 Å². The topological polar surface area (TPSA) is 79.6 Å². The predicted octanol–water partition coefficient (Wildman–Crippen LogP) is 1.49. The second kappa shape index (κ2) is 8.86. The maximum absolute atomic E-state index is 12.1. The van der Waals surface area contributed by atoms with Crippen molar-refractivity contribution in [3.8, 4) is 0 Å². The molecule has 1 heterocycles. The minimum atomic E-state index is -0.246. The van der Waals surface area contributed by atoms with E-state index in [2.05, 4.69) is 22.6 Å². The third kappa shape index (κ3) is 5.49. The molecule has 1 saturated heterocycles. The Morgan fingerprint density at radius 1 is 1.35 bits per heavy atom. The second-order valence-electron chi connectivity index (χ2n) is 6.11. The number of benzene rings is 1. The minimum absolute atomic E-state index is 0.0834. The Morgan fingerprint density at radius 3 is 2.61 bits per heavy atom. The van der Waals surface area contributed by atoms with E-state index in [1.807, 2.05) is 24.3 Å². The predicted molar refractivity (Wildman–Crippen MR) is 93.7 cm³/mol. The standard InChI is InChI=1S/C17H28N4O2/c1-21-9-7-13(8-10-21)19-15-5-3-4-6-16(15)20-17(22)11-14(12-18)23-2/h3-6,13-14,19H,7-12,18H2,1-2H3,(H,20,22). The van der Waals surface area contributed by atoms with Crippen LogP contribution >= 0.6 is 0 Å². The van der Waals surface area contributed by atoms with Crippen LogP contribution in [0.4, 0.5) is 11.4 Å². The minimum Gasteiger partial charge on any atom is -0.381 e. The molecular weight excluding hydrogens is 292 g/mol. The summed E-state index contributed by atoms with van der Waals surface area (Å²) in [4.78, 5) is 14.5. The number of anilines is 2. The van der Waals surface area contributed by atoms with Crippen LogP contribution < -0.4 is 16.4 Å². The first-order valence-corrected chi connectivity index (χ1v) is 8.19. The van der Waals surface area contributed by atoms with Gasteiger partial charge in [0.2, 0.25) is 5.91 Å². The Hall–Kier alpha value is -1.63. The summed E-state index contributed by atoms with van der Waals surface area (Å²) in [7, 11) is 3.72. The summed E-state index contributed by atoms with van der Waals surface area (Å²) < 4.78 is 5.16. The molecule has 0 saturated carbocycles. The van der Waals surface area contributed by atoms with Crippen molar-refractivity contribution in [2.75, 3.05) is 44.4 Å². The quantitative estimate of drug-likeness (QED) is 0.709. The van der Waals surface area contributed by atoms with Crippen LogP contribution in [0.25, 0.3) is 0 Å². The number of para-hydroxylation sites is 2. The van der Waals surface area contributed by atoms with Crippen LogP contribution in [-0.4, -0.2) is 56.7 Å². The number of amides is 1. The molecule has 1 fully saturated rings. The Kier molecular flexibility index (Phi) is 6.83. The van der Waals surface area contributed by atoms with Crippen molar-refractivity contribution in [3.63, 3.8) is 0 Å². The van der Waals surface area contributed by atoms with Crippen molar-refractivity contribution in [3.05, 3.63) is 24.3 Å². The zero-order chi connectivity index (χ0) is 16.7. The molecule has 23 heavy (non-hydrogen) atoms. The van der Waals surface area contributed by atoms with Crippen molar-refractivity contribution in [2.45, 2.75) is 31.4 Å². The third-order valence-corrected chi connectivity index (χ3v) is 4.29. The molecule has 0 aliphatic carbocycles. The normalized spacial score (nSPS) is 17.7. The number of methoxy groups -OCH3 is 1. The first-order valence-electron chi connectivity index (χ1n) is 8.19. The molecule has 1 aliphatic rings. The fraction of sp³-hybridized carbons (Fsp3) is 0.588. The van der Waals surface area contributed by atoms with Gasteiger partial charge in [0.15, 0.2) is 0 Å². The Bertz CT molecular complexity index is 497. The fourth-order valence-corrected chi connectivity index (χ4v) is 2.76. The van der Waals surface area contributed by atoms with Gasteiger partial charge in [-0.15, -0.1) is 0 Å². The monoisotopic (exact) mass is 320 g/mol. The molecule has 0 aromatic heterocycles. The average molecular weight is 320 g/mol. The van der Waals surface area contributed by atoms with E-state index in [1.165, 1.54) is 0 Å². The van der Waals surface area contributed by atoms with Crippen LogP contribution in [-0.2, 0) is 9.53 Å². The maximum atomic E-state index is 12.1. The van der Waals surface area contributed by atoms with Gasteiger partial charge in [0.25, 0.3) is 0 Å². The molecule has 2 rings (SSSR count). The van der Waals surface area contributed by atoms with Crippen LogP contribution in [0.5, 0.6) is 0 Å². The Labute approximate surface area is 138 Å². The van der Waals surface area contributed by atoms with Gasteiger partial charge in [0, 0.05) is 19.7 Å². The summed E-state index contributed by atoms with van der Waals surface area (Å²) >= 11 is 0. The lowest BCUT2D eigenvalue weighted by Crippen LogP contribution is -2.36. The van der Waals surface area contributed by atoms with E-state index in [0.717, 1.165) is 37.3 Å². The van der Waals surface area contributed by atoms with E-state index in [0.29, 0.717) is 12.6 Å². The maximum Gasteiger partial charge on any atom is 0.227 e. The molecule has 1 aromatic rings. The molecule has 128 valence electrons. The fourth-order valence-electron chi connectivity index (χ4n) is 2.76. The highest BCUT2D eigenvalue weighted by Gasteiger charge is 2.18. The molecule has 1 atom stereocenters. The number of ether oxygens (including phenoxy) is 1. The summed E-state index contributed by atoms with van der Waals surface area (Å²) in [6.45, 7) is 2.52. The molecule has 1 amide bonds. The van der Waals surface area contributed by atoms with E-state index in [1.54, 1.807) is 7.11 Å². The number of hydrogen-bond donors (Lipinski definition) is 3. The number of piperidine rings is 1. The van der Waals surface area contributed by atoms with E-state index in [9.17, 15) is 4.79 Å². The highest BCUT2D eigenvalue weighted by Crippen LogP contribution is 2.24. The van der Waals surface area contributed by atoms with Crippen molar-refractivity contribution in [2.24, 2.45) is 5.73 Å². The molecule has 1 unspecified atom stereocenters. The summed E-state index contributed by atoms with van der Waals surface area (Å²) in [6.07, 6.45) is 2.23. The molecule has 4 N–H and O–H groups in total. The SMILES string of the molecule is COC(CN)CC(=O)Nc1ccccc1NC1CCN(C)CC1. The van der Waals surface area contributed by atoms with E-state index in [4.69, 9.17) is 10.5 Å². The summed E-state index contributed by atoms with van der Waals surface area (Å²) in [5, 5.41) is 6.52. The Morgan fingerprint density at radius 2 is 2.00 bits per heavy atom. The molecule has 0 bridgehead atoms. The van der Waals surface area contributed by atoms with Gasteiger partial charge in [0.05, 0.1) is 23.9 Å². The van der Waals surface area contributed by atoms with Crippen LogP contribution in [0.1, 0.15) is 19.3 Å². The summed E-state index contributed by atoms with van der Waals surface area (Å²) in [6, 6.07) is 8.26. The van der Waals surface area contributed by atoms with Crippen molar-refractivity contribution in [1.29, 1.82) is 0 Å². The summed E-state index contributed by atoms with van der Waals surface area (Å²) in [5.41, 5.74) is 7.35. The number of carbonyl (C=O) groups excluding carboxylic acids is 1. The molecule has 0 radical (unpaired) electrons. The first kappa shape index (κ1) is 17.7. The van der Waals surface area contributed by atoms with Crippen molar-refractivity contribution < 1.29 is 9.53 Å². The van der Waals surface area contributed by atoms with Gasteiger partial charge >= 0.3 is 0 Å². The van der Waals surface area contributed by atoms with Crippen LogP contribution in [0.3, 0.4) is 0 Å². The van der Waals surface area contributed by atoms with Gasteiger partial charge in [-0.2, -0.15) is 0 Å². The number of nitrogens with one attached hydrogen (secondary N) is 2. The number of nitrogens with two attached hydrogens (primary N) is 1. The van der Waals surface area contributed by atoms with Gasteiger partial charge in [-0.25, -0.2) is 0 Å². The molecule has 6 heteroatoms. The third-order valence-electron chi connectivity index (χ3n) is 4.29. The van der Waals surface area contributed by atoms with E-state index in [-0.39, 0.29) is 18.4 Å². The summed E-state index contributed by atoms with van der Waals surface area (Å²) in [5.74, 6) is -0.0834. The highest BCUT2D eigenvalue weighted by molar-refractivity contribution is 5.94. The largest absolute Gasteiger partial charge is 0.381 e. The number of nitrogens with zero attached hydrogens (tertiary/aromatic N) is 1. The first-order chi connectivity index (χ1) is 11.1. The van der Waals surface area contributed by atoms with E-state index < -0.39 is 0 Å². The Balaban J connectivity index is 1.95. The van der Waals surface area contributed by atoms with Crippen LogP contribution in [0.15, 0.2) is 24.3 Å². The lowest BCUT2D eigenvalue weighted by molar-refractivity contribution is -0.118. The molecule has 0 spiro atoms. The lowest BCUT2D eigenvalue weighted by Gasteiger charge is -2.30. The van der Waals surface area contributed by atoms with Gasteiger partial charge in [-0.05, 0) is 45.1 Å². The zero-order valence-electron chi connectivity index (χ0n) is 14.0. The number of carbonyl (C=O) groups is 1. The number of rotatable bonds is 7. The van der Waals surface area contributed by atoms with Gasteiger partial charge < -0.3 is 26.0 Å². The number of hydrogen-bond acceptors (Lipinski definition) is 5. The van der Waals surface area contributed by atoms with Crippen molar-refractivity contribution in [1.82, 2.24) is 4.90 Å². The van der Waals surface area contributed by atoms with E-state index >= 15 is 0 Å². The smallest absolute Gasteiger partial charge is 0.227 e. The average Bonchev–Trinajstić information content (AvgIpc) is 2.56. The van der Waals surface area contributed by atoms with Crippen LogP contribution in [0, 0.1) is 0 Å². The van der Waals surface area contributed by atoms with Crippen LogP contribution in [0.2, 0.25) is 0 Å². The number of likely N-dealkylation sites (tertiary alicyclic amines) is 1. The highest BCUT2D eigenvalue weighted by atomic mass is 16.5. The lowest BCUT2D eigenvalue weighted by atomic mass is 10.0. The molecule has 1 aromatic carbocycles. The zero-order valence-corrected chi connectivity index (χ0v) is 14.0. The van der Waals surface area contributed by atoms with Gasteiger partial charge in [-0.3, -0.25) is 4.79 Å². The van der Waals surface area contributed by atoms with Gasteiger partial charge in [-0.1, -0.05) is 12.1 Å². The second-order valence-corrected chi connectivity index (χ2v) is 6.11.